The first-order valence-electron chi connectivity index (χ1n) is 20.4. The second-order valence-electron chi connectivity index (χ2n) is 15.5. The molecule has 0 spiro atoms. The van der Waals surface area contributed by atoms with Crippen LogP contribution in [-0.2, 0) is 0 Å². The highest BCUT2D eigenvalue weighted by molar-refractivity contribution is 5.92. The van der Waals surface area contributed by atoms with Gasteiger partial charge in [0.25, 0.3) is 0 Å². The van der Waals surface area contributed by atoms with Crippen LogP contribution in [0.3, 0.4) is 0 Å². The number of rotatable bonds is 9. The first-order chi connectivity index (χ1) is 28.5. The van der Waals surface area contributed by atoms with Gasteiger partial charge < -0.3 is 4.90 Å². The molecule has 280 valence electrons. The lowest BCUT2D eigenvalue weighted by Crippen LogP contribution is -2.10. The van der Waals surface area contributed by atoms with Crippen molar-refractivity contribution in [1.29, 1.82) is 0 Å². The predicted molar refractivity (Wildman–Crippen MR) is 249 cm³/mol. The summed E-state index contributed by atoms with van der Waals surface area (Å²) in [6, 6.07) is 72.7. The SMILES string of the molecule is CC1=CC(C)CC=C1c1cccc(-c2ccc(N(c3ccc(-c4ccccc4)cc3)c3ccc(-c4ccc(-c5ccccc5)cc4)cc3)cc2-c2ccccc2)c1C. The Bertz CT molecular complexity index is 2720. The molecule has 0 radical (unpaired) electrons. The molecule has 1 unspecified atom stereocenters. The van der Waals surface area contributed by atoms with Crippen molar-refractivity contribution in [3.63, 3.8) is 0 Å². The fourth-order valence-corrected chi connectivity index (χ4v) is 8.52. The zero-order valence-electron chi connectivity index (χ0n) is 33.4. The Kier molecular flexibility index (Phi) is 10.3. The first-order valence-corrected chi connectivity index (χ1v) is 20.4. The van der Waals surface area contributed by atoms with Crippen molar-refractivity contribution in [2.24, 2.45) is 5.92 Å². The molecule has 0 saturated carbocycles. The lowest BCUT2D eigenvalue weighted by Gasteiger charge is -2.27. The molecule has 0 heterocycles. The minimum Gasteiger partial charge on any atom is -0.310 e. The van der Waals surface area contributed by atoms with Gasteiger partial charge in [-0.1, -0.05) is 183 Å². The average Bonchev–Trinajstić information content (AvgIpc) is 3.28. The number of hydrogen-bond acceptors (Lipinski definition) is 1. The molecule has 0 bridgehead atoms. The maximum absolute atomic E-state index is 2.43. The Balaban J connectivity index is 1.14. The third-order valence-electron chi connectivity index (χ3n) is 11.6. The van der Waals surface area contributed by atoms with Gasteiger partial charge in [-0.3, -0.25) is 0 Å². The Morgan fingerprint density at radius 3 is 1.31 bits per heavy atom. The van der Waals surface area contributed by atoms with Gasteiger partial charge in [-0.2, -0.15) is 0 Å². The fraction of sp³-hybridized carbons (Fsp3) is 0.0877. The summed E-state index contributed by atoms with van der Waals surface area (Å²) in [5.74, 6) is 0.574. The molecule has 8 aromatic rings. The quantitative estimate of drug-likeness (QED) is 0.142. The summed E-state index contributed by atoms with van der Waals surface area (Å²) in [5, 5.41) is 0. The lowest BCUT2D eigenvalue weighted by molar-refractivity contribution is 0.732. The van der Waals surface area contributed by atoms with E-state index in [0.717, 1.165) is 23.5 Å². The van der Waals surface area contributed by atoms with E-state index in [1.54, 1.807) is 0 Å². The van der Waals surface area contributed by atoms with Gasteiger partial charge in [0.15, 0.2) is 0 Å². The molecule has 0 saturated heterocycles. The smallest absolute Gasteiger partial charge is 0.0468 e. The molecule has 0 aromatic heterocycles. The summed E-state index contributed by atoms with van der Waals surface area (Å²) < 4.78 is 0. The van der Waals surface area contributed by atoms with Gasteiger partial charge in [-0.05, 0) is 140 Å². The van der Waals surface area contributed by atoms with Crippen LogP contribution in [0.2, 0.25) is 0 Å². The second-order valence-corrected chi connectivity index (χ2v) is 15.5. The van der Waals surface area contributed by atoms with E-state index >= 15 is 0 Å². The van der Waals surface area contributed by atoms with Crippen molar-refractivity contribution in [2.45, 2.75) is 27.2 Å². The third kappa shape index (κ3) is 7.48. The number of anilines is 3. The van der Waals surface area contributed by atoms with Crippen LogP contribution in [0.15, 0.2) is 218 Å². The molecule has 58 heavy (non-hydrogen) atoms. The summed E-state index contributed by atoms with van der Waals surface area (Å²) in [4.78, 5) is 2.39. The van der Waals surface area contributed by atoms with Crippen molar-refractivity contribution in [1.82, 2.24) is 0 Å². The van der Waals surface area contributed by atoms with Crippen LogP contribution in [0.4, 0.5) is 17.1 Å². The average molecular weight is 746 g/mol. The normalized spacial score (nSPS) is 13.7. The van der Waals surface area contributed by atoms with E-state index in [1.807, 2.05) is 0 Å². The van der Waals surface area contributed by atoms with E-state index in [-0.39, 0.29) is 0 Å². The molecule has 8 aromatic carbocycles. The molecule has 0 N–H and O–H groups in total. The highest BCUT2D eigenvalue weighted by Crippen LogP contribution is 2.44. The molecule has 1 aliphatic carbocycles. The van der Waals surface area contributed by atoms with Crippen LogP contribution >= 0.6 is 0 Å². The van der Waals surface area contributed by atoms with Crippen LogP contribution in [0.25, 0.3) is 61.2 Å². The van der Waals surface area contributed by atoms with E-state index < -0.39 is 0 Å². The van der Waals surface area contributed by atoms with Gasteiger partial charge in [0.05, 0.1) is 0 Å². The van der Waals surface area contributed by atoms with Crippen molar-refractivity contribution in [3.05, 3.63) is 229 Å². The number of allylic oxidation sites excluding steroid dienone is 4. The van der Waals surface area contributed by atoms with Crippen molar-refractivity contribution in [3.8, 4) is 55.6 Å². The summed E-state index contributed by atoms with van der Waals surface area (Å²) in [5.41, 5.74) is 20.8. The first kappa shape index (κ1) is 36.7. The fourth-order valence-electron chi connectivity index (χ4n) is 8.52. The van der Waals surface area contributed by atoms with Crippen LogP contribution in [0, 0.1) is 12.8 Å². The van der Waals surface area contributed by atoms with Crippen LogP contribution in [-0.4, -0.2) is 0 Å². The summed E-state index contributed by atoms with van der Waals surface area (Å²) in [6.45, 7) is 6.84. The van der Waals surface area contributed by atoms with Gasteiger partial charge >= 0.3 is 0 Å². The third-order valence-corrected chi connectivity index (χ3v) is 11.6. The number of hydrogen-bond donors (Lipinski definition) is 0. The topological polar surface area (TPSA) is 3.24 Å². The Labute approximate surface area is 343 Å². The number of benzene rings is 8. The molecule has 9 rings (SSSR count). The van der Waals surface area contributed by atoms with Gasteiger partial charge in [0.2, 0.25) is 0 Å². The minimum atomic E-state index is 0.574. The minimum absolute atomic E-state index is 0.574. The Morgan fingerprint density at radius 1 is 0.379 bits per heavy atom. The molecule has 1 atom stereocenters. The van der Waals surface area contributed by atoms with E-state index in [9.17, 15) is 0 Å². The molecule has 0 amide bonds. The largest absolute Gasteiger partial charge is 0.310 e. The number of nitrogens with zero attached hydrogens (tertiary/aromatic N) is 1. The van der Waals surface area contributed by atoms with Gasteiger partial charge in [0, 0.05) is 17.1 Å². The monoisotopic (exact) mass is 745 g/mol. The highest BCUT2D eigenvalue weighted by Gasteiger charge is 2.20. The van der Waals surface area contributed by atoms with Gasteiger partial charge in [-0.25, -0.2) is 0 Å². The summed E-state index contributed by atoms with van der Waals surface area (Å²) in [7, 11) is 0. The molecule has 1 aliphatic rings. The van der Waals surface area contributed by atoms with Crippen molar-refractivity contribution in [2.75, 3.05) is 4.90 Å². The summed E-state index contributed by atoms with van der Waals surface area (Å²) in [6.07, 6.45) is 5.92. The second kappa shape index (κ2) is 16.3. The Hall–Kier alpha value is -6.96. The van der Waals surface area contributed by atoms with Gasteiger partial charge in [0.1, 0.15) is 0 Å². The van der Waals surface area contributed by atoms with Crippen molar-refractivity contribution >= 4 is 22.6 Å². The van der Waals surface area contributed by atoms with Crippen LogP contribution in [0.5, 0.6) is 0 Å². The van der Waals surface area contributed by atoms with Gasteiger partial charge in [-0.15, -0.1) is 0 Å². The Morgan fingerprint density at radius 2 is 0.810 bits per heavy atom. The zero-order valence-corrected chi connectivity index (χ0v) is 33.4. The molecule has 1 heteroatoms. The van der Waals surface area contributed by atoms with Crippen LogP contribution in [0.1, 0.15) is 31.4 Å². The molecular weight excluding hydrogens is 699 g/mol. The van der Waals surface area contributed by atoms with E-state index in [0.29, 0.717) is 5.92 Å². The predicted octanol–water partition coefficient (Wildman–Crippen LogP) is 16.2. The molecular formula is C57H47N. The van der Waals surface area contributed by atoms with Crippen LogP contribution < -0.4 is 4.90 Å². The maximum Gasteiger partial charge on any atom is 0.0468 e. The molecule has 0 aliphatic heterocycles. The zero-order chi connectivity index (χ0) is 39.4. The molecule has 0 fully saturated rings. The molecule has 1 nitrogen and oxygen atoms in total. The summed E-state index contributed by atoms with van der Waals surface area (Å²) >= 11 is 0. The van der Waals surface area contributed by atoms with E-state index in [1.165, 1.54) is 77.9 Å². The standard InChI is InChI=1S/C57H47N/c1-40-22-36-53(41(2)38-40)54-20-13-21-55(42(54)3)56-37-35-52(39-57(56)49-18-11-6-12-19-49)58(50-31-27-47(28-32-50)44-16-9-5-10-17-44)51-33-29-48(30-34-51)46-25-23-45(24-26-46)43-14-7-4-8-15-43/h4-21,23-40H,22H2,1-3H3. The maximum atomic E-state index is 2.43. The highest BCUT2D eigenvalue weighted by atomic mass is 15.1. The van der Waals surface area contributed by atoms with E-state index in [4.69, 9.17) is 0 Å². The van der Waals surface area contributed by atoms with E-state index in [2.05, 4.69) is 238 Å². The lowest BCUT2D eigenvalue weighted by atomic mass is 9.83. The van der Waals surface area contributed by atoms with Crippen molar-refractivity contribution < 1.29 is 0 Å².